The fraction of sp³-hybridized carbons (Fsp3) is 0.111. The van der Waals surface area contributed by atoms with E-state index in [2.05, 4.69) is 0 Å². The maximum atomic E-state index is 10.5. The molecule has 0 aliphatic heterocycles. The van der Waals surface area contributed by atoms with Crippen molar-refractivity contribution in [3.05, 3.63) is 27.5 Å². The van der Waals surface area contributed by atoms with Crippen molar-refractivity contribution in [2.75, 3.05) is 0 Å². The number of carboxylic acid groups (broad SMARTS) is 1. The Kier molecular flexibility index (Phi) is 2.83. The normalized spacial score (nSPS) is 10.9. The van der Waals surface area contributed by atoms with Gasteiger partial charge in [0.05, 0.1) is 0 Å². The molecule has 1 aromatic heterocycles. The molecule has 0 aliphatic rings. The third-order valence-corrected chi connectivity index (χ3v) is 2.49. The molecule has 1 aromatic rings. The number of hydrogen-bond acceptors (Lipinski definition) is 3. The summed E-state index contributed by atoms with van der Waals surface area (Å²) >= 11 is 1.42. The highest BCUT2D eigenvalue weighted by Gasteiger charge is 2.06. The van der Waals surface area contributed by atoms with Crippen LogP contribution in [0.15, 0.2) is 17.0 Å². The second kappa shape index (κ2) is 3.87. The first-order chi connectivity index (χ1) is 6.15. The van der Waals surface area contributed by atoms with Crippen molar-refractivity contribution in [3.63, 3.8) is 0 Å². The molecule has 0 spiro atoms. The first-order valence-electron chi connectivity index (χ1n) is 3.54. The Morgan fingerprint density at radius 2 is 2.46 bits per heavy atom. The molecule has 0 fully saturated rings. The molecule has 0 aromatic carbocycles. The molecule has 4 heteroatoms. The van der Waals surface area contributed by atoms with Gasteiger partial charge in [-0.1, -0.05) is 0 Å². The summed E-state index contributed by atoms with van der Waals surface area (Å²) in [6, 6.07) is 3.52. The number of hydrogen-bond donors (Lipinski definition) is 1. The van der Waals surface area contributed by atoms with Crippen LogP contribution in [0.5, 0.6) is 0 Å². The van der Waals surface area contributed by atoms with Crippen LogP contribution in [0, 0.1) is 18.3 Å². The second-order valence-electron chi connectivity index (χ2n) is 2.44. The maximum absolute atomic E-state index is 10.5. The van der Waals surface area contributed by atoms with Crippen LogP contribution in [-0.2, 0) is 4.79 Å². The third kappa shape index (κ3) is 2.17. The van der Waals surface area contributed by atoms with Gasteiger partial charge in [0.1, 0.15) is 11.6 Å². The van der Waals surface area contributed by atoms with E-state index in [1.807, 2.05) is 18.4 Å². The average Bonchev–Trinajstić information content (AvgIpc) is 2.46. The number of nitrogens with zero attached hydrogens (tertiary/aromatic N) is 1. The topological polar surface area (TPSA) is 61.1 Å². The molecule has 0 unspecified atom stereocenters. The van der Waals surface area contributed by atoms with Gasteiger partial charge in [-0.05, 0) is 30.0 Å². The fourth-order valence-corrected chi connectivity index (χ4v) is 1.66. The number of carbonyl (C=O) groups is 1. The second-order valence-corrected chi connectivity index (χ2v) is 3.39. The minimum Gasteiger partial charge on any atom is -0.477 e. The highest BCUT2D eigenvalue weighted by atomic mass is 32.1. The number of thiophene rings is 1. The Bertz CT molecular complexity index is 398. The Morgan fingerprint density at radius 1 is 1.77 bits per heavy atom. The van der Waals surface area contributed by atoms with E-state index in [9.17, 15) is 4.79 Å². The van der Waals surface area contributed by atoms with Gasteiger partial charge in [0.2, 0.25) is 0 Å². The Morgan fingerprint density at radius 3 is 2.85 bits per heavy atom. The quantitative estimate of drug-likeness (QED) is 0.577. The Labute approximate surface area is 79.6 Å². The predicted molar refractivity (Wildman–Crippen MR) is 50.3 cm³/mol. The molecule has 1 rings (SSSR count). The summed E-state index contributed by atoms with van der Waals surface area (Å²) in [6.45, 7) is 1.87. The first kappa shape index (κ1) is 9.49. The smallest absolute Gasteiger partial charge is 0.346 e. The van der Waals surface area contributed by atoms with Gasteiger partial charge in [0.15, 0.2) is 0 Å². The summed E-state index contributed by atoms with van der Waals surface area (Å²) in [5.74, 6) is -1.18. The van der Waals surface area contributed by atoms with Gasteiger partial charge >= 0.3 is 5.97 Å². The van der Waals surface area contributed by atoms with Crippen LogP contribution in [0.1, 0.15) is 10.4 Å². The average molecular weight is 193 g/mol. The van der Waals surface area contributed by atoms with Crippen LogP contribution >= 0.6 is 11.3 Å². The molecule has 0 radical (unpaired) electrons. The van der Waals surface area contributed by atoms with Crippen LogP contribution < -0.4 is 0 Å². The minimum absolute atomic E-state index is 0.231. The van der Waals surface area contributed by atoms with E-state index in [0.29, 0.717) is 0 Å². The van der Waals surface area contributed by atoms with Crippen molar-refractivity contribution in [1.29, 1.82) is 5.26 Å². The van der Waals surface area contributed by atoms with Crippen molar-refractivity contribution in [2.45, 2.75) is 6.92 Å². The van der Waals surface area contributed by atoms with Crippen molar-refractivity contribution < 1.29 is 9.90 Å². The molecule has 66 valence electrons. The molecule has 0 saturated carbocycles. The van der Waals surface area contributed by atoms with E-state index in [-0.39, 0.29) is 5.57 Å². The molecule has 0 bridgehead atoms. The molecule has 1 heterocycles. The molecule has 3 nitrogen and oxygen atoms in total. The number of aryl methyl sites for hydroxylation is 1. The molecule has 0 atom stereocenters. The Hall–Kier alpha value is -1.60. The van der Waals surface area contributed by atoms with E-state index < -0.39 is 5.97 Å². The summed E-state index contributed by atoms with van der Waals surface area (Å²) in [5.41, 5.74) is 0.754. The van der Waals surface area contributed by atoms with Crippen LogP contribution in [0.2, 0.25) is 0 Å². The van der Waals surface area contributed by atoms with Crippen molar-refractivity contribution in [2.24, 2.45) is 0 Å². The van der Waals surface area contributed by atoms with Crippen LogP contribution in [0.25, 0.3) is 6.08 Å². The summed E-state index contributed by atoms with van der Waals surface area (Å²) in [7, 11) is 0. The molecule has 0 saturated heterocycles. The summed E-state index contributed by atoms with van der Waals surface area (Å²) < 4.78 is 0. The van der Waals surface area contributed by atoms with E-state index in [4.69, 9.17) is 10.4 Å². The van der Waals surface area contributed by atoms with E-state index in [1.165, 1.54) is 17.4 Å². The van der Waals surface area contributed by atoms with Crippen LogP contribution in [0.3, 0.4) is 0 Å². The lowest BCUT2D eigenvalue weighted by Gasteiger charge is -1.90. The lowest BCUT2D eigenvalue weighted by molar-refractivity contribution is -0.132. The van der Waals surface area contributed by atoms with Crippen molar-refractivity contribution in [1.82, 2.24) is 0 Å². The minimum atomic E-state index is -1.18. The van der Waals surface area contributed by atoms with Crippen molar-refractivity contribution in [3.8, 4) is 6.07 Å². The highest BCUT2D eigenvalue weighted by Crippen LogP contribution is 2.18. The number of rotatable bonds is 2. The standard InChI is InChI=1S/C9H7NO2S/c1-6-2-3-13-8(6)4-7(5-10)9(11)12/h2-4H,1H3,(H,11,12). The van der Waals surface area contributed by atoms with Gasteiger partial charge in [-0.3, -0.25) is 0 Å². The summed E-state index contributed by atoms with van der Waals surface area (Å²) in [6.07, 6.45) is 1.39. The first-order valence-corrected chi connectivity index (χ1v) is 4.42. The SMILES string of the molecule is Cc1ccsc1C=C(C#N)C(=O)O. The molecule has 0 amide bonds. The summed E-state index contributed by atoms with van der Waals surface area (Å²) in [5, 5.41) is 18.9. The fourth-order valence-electron chi connectivity index (χ4n) is 0.805. The molecular weight excluding hydrogens is 186 g/mol. The predicted octanol–water partition coefficient (Wildman–Crippen LogP) is 2.05. The van der Waals surface area contributed by atoms with E-state index in [1.54, 1.807) is 6.07 Å². The zero-order valence-corrected chi connectivity index (χ0v) is 7.76. The van der Waals surface area contributed by atoms with Gasteiger partial charge in [-0.25, -0.2) is 4.79 Å². The van der Waals surface area contributed by atoms with Gasteiger partial charge in [0, 0.05) is 4.88 Å². The lowest BCUT2D eigenvalue weighted by atomic mass is 10.2. The Balaban J connectivity index is 3.07. The molecule has 0 aliphatic carbocycles. The summed E-state index contributed by atoms with van der Waals surface area (Å²) in [4.78, 5) is 11.3. The van der Waals surface area contributed by atoms with Gasteiger partial charge in [0.25, 0.3) is 0 Å². The van der Waals surface area contributed by atoms with Crippen molar-refractivity contribution >= 4 is 23.4 Å². The molecular formula is C9H7NO2S. The third-order valence-electron chi connectivity index (χ3n) is 1.53. The number of aliphatic carboxylic acids is 1. The zero-order valence-electron chi connectivity index (χ0n) is 6.94. The maximum Gasteiger partial charge on any atom is 0.346 e. The van der Waals surface area contributed by atoms with Crippen LogP contribution in [-0.4, -0.2) is 11.1 Å². The number of nitriles is 1. The van der Waals surface area contributed by atoms with Gasteiger partial charge in [-0.2, -0.15) is 5.26 Å². The molecule has 1 N–H and O–H groups in total. The zero-order chi connectivity index (χ0) is 9.84. The molecule has 13 heavy (non-hydrogen) atoms. The van der Waals surface area contributed by atoms with E-state index in [0.717, 1.165) is 10.4 Å². The highest BCUT2D eigenvalue weighted by molar-refractivity contribution is 7.11. The van der Waals surface area contributed by atoms with Crippen LogP contribution in [0.4, 0.5) is 0 Å². The monoisotopic (exact) mass is 193 g/mol. The number of carboxylic acids is 1. The van der Waals surface area contributed by atoms with Gasteiger partial charge < -0.3 is 5.11 Å². The van der Waals surface area contributed by atoms with E-state index >= 15 is 0 Å². The largest absolute Gasteiger partial charge is 0.477 e. The van der Waals surface area contributed by atoms with Gasteiger partial charge in [-0.15, -0.1) is 11.3 Å². The lowest BCUT2D eigenvalue weighted by Crippen LogP contribution is -1.96.